The third kappa shape index (κ3) is 19.4. The molecule has 0 atom stereocenters. The van der Waals surface area contributed by atoms with E-state index in [4.69, 9.17) is 35.7 Å². The summed E-state index contributed by atoms with van der Waals surface area (Å²) >= 11 is 0. The molecule has 2 amide bonds. The van der Waals surface area contributed by atoms with Crippen molar-refractivity contribution in [1.82, 2.24) is 10.6 Å². The molecule has 6 rings (SSSR count). The fraction of sp³-hybridized carbons (Fsp3) is 0.460. The van der Waals surface area contributed by atoms with Crippen LogP contribution in [0.4, 0.5) is 11.4 Å². The summed E-state index contributed by atoms with van der Waals surface area (Å²) in [4.78, 5) is 41.7. The highest BCUT2D eigenvalue weighted by Gasteiger charge is 2.13. The molecule has 65 heavy (non-hydrogen) atoms. The van der Waals surface area contributed by atoms with Gasteiger partial charge >= 0.3 is 0 Å². The van der Waals surface area contributed by atoms with Crippen LogP contribution < -0.4 is 20.4 Å². The largest absolute Gasteiger partial charge is 0.394 e. The Bertz CT molecular complexity index is 2170. The van der Waals surface area contributed by atoms with Gasteiger partial charge in [-0.05, 0) is 108 Å². The molecule has 15 heteroatoms. The molecule has 0 unspecified atom stereocenters. The summed E-state index contributed by atoms with van der Waals surface area (Å²) in [5.74, 6) is -0.710. The number of anilines is 2. The highest BCUT2D eigenvalue weighted by molar-refractivity contribution is 6.02. The van der Waals surface area contributed by atoms with E-state index in [1.165, 1.54) is 55.3 Å². The number of piperidine rings is 2. The second-order valence-corrected chi connectivity index (χ2v) is 15.3. The molecule has 15 nitrogen and oxygen atoms in total. The van der Waals surface area contributed by atoms with Crippen LogP contribution >= 0.6 is 0 Å². The van der Waals surface area contributed by atoms with Crippen LogP contribution in [-0.2, 0) is 28.5 Å². The van der Waals surface area contributed by atoms with Crippen molar-refractivity contribution in [1.29, 1.82) is 5.26 Å². The van der Waals surface area contributed by atoms with Crippen molar-refractivity contribution in [2.75, 3.05) is 122 Å². The lowest BCUT2D eigenvalue weighted by molar-refractivity contribution is -0.119. The molecule has 2 fully saturated rings. The van der Waals surface area contributed by atoms with Gasteiger partial charge in [0.15, 0.2) is 0 Å². The summed E-state index contributed by atoms with van der Waals surface area (Å²) in [5, 5.41) is 36.2. The number of carbonyl (C=O) groups is 3. The van der Waals surface area contributed by atoms with E-state index in [2.05, 4.69) is 61.7 Å². The van der Waals surface area contributed by atoms with E-state index in [1.807, 2.05) is 42.5 Å². The first kappa shape index (κ1) is 51.7. The molecule has 2 aliphatic heterocycles. The number of nitriles is 1. The Morgan fingerprint density at radius 3 is 1.55 bits per heavy atom. The number of hydrogen-bond acceptors (Lipinski definition) is 12. The summed E-state index contributed by atoms with van der Waals surface area (Å²) in [5.41, 5.74) is 4.17. The number of ether oxygens (including phenoxy) is 4. The lowest BCUT2D eigenvalue weighted by atomic mass is 10.0. The number of nitrogens with zero attached hydrogens (tertiary/aromatic N) is 4. The van der Waals surface area contributed by atoms with Crippen molar-refractivity contribution < 1.29 is 43.5 Å². The standard InChI is InChI=1S/C25H31N3O4.C16H17NO.C9H16N2O4/c26-19-23(25(30)27-8-12-31-14-15-32-13-11-29)17-20-4-5-22-18-24(7-6-21(22)16-20)28-9-2-1-3-10-28;18-12-13-4-5-15-11-16(7-6-14(15)10-13)17-8-2-1-3-9-17;1-10-8-9(13)11-2-4-14-6-7-15-5-3-12/h4-7,16-18,29H,1-3,8-15H2,(H,27,30);4-7,10-12H,1-3,8-9H2;12H,2-8H2,(H,11,13)/b23-17+;;. The van der Waals surface area contributed by atoms with Crippen LogP contribution in [-0.4, -0.2) is 140 Å². The Labute approximate surface area is 382 Å². The summed E-state index contributed by atoms with van der Waals surface area (Å²) < 4.78 is 20.5. The predicted molar refractivity (Wildman–Crippen MR) is 254 cm³/mol. The number of nitrogens with one attached hydrogen (secondary N) is 2. The van der Waals surface area contributed by atoms with E-state index < -0.39 is 5.91 Å². The smallest absolute Gasteiger partial charge is 0.300 e. The van der Waals surface area contributed by atoms with Crippen LogP contribution in [0.25, 0.3) is 32.5 Å². The molecule has 0 bridgehead atoms. The van der Waals surface area contributed by atoms with Gasteiger partial charge in [0.25, 0.3) is 18.4 Å². The Morgan fingerprint density at radius 1 is 0.631 bits per heavy atom. The van der Waals surface area contributed by atoms with E-state index in [0.29, 0.717) is 59.3 Å². The first-order chi connectivity index (χ1) is 31.9. The van der Waals surface area contributed by atoms with Gasteiger partial charge in [0.2, 0.25) is 0 Å². The van der Waals surface area contributed by atoms with Gasteiger partial charge in [0, 0.05) is 56.2 Å². The molecule has 2 heterocycles. The average Bonchev–Trinajstić information content (AvgIpc) is 3.35. The summed E-state index contributed by atoms with van der Waals surface area (Å²) in [7, 11) is 0. The Hall–Kier alpha value is -5.91. The minimum atomic E-state index is -0.423. The number of rotatable bonds is 22. The molecule has 348 valence electrons. The van der Waals surface area contributed by atoms with Gasteiger partial charge in [-0.2, -0.15) is 5.26 Å². The maximum Gasteiger partial charge on any atom is 0.300 e. The first-order valence-corrected chi connectivity index (χ1v) is 22.4. The van der Waals surface area contributed by atoms with Gasteiger partial charge in [-0.3, -0.25) is 14.4 Å². The van der Waals surface area contributed by atoms with Crippen LogP contribution in [0.1, 0.15) is 54.4 Å². The highest BCUT2D eigenvalue weighted by atomic mass is 16.5. The molecule has 2 saturated heterocycles. The van der Waals surface area contributed by atoms with Crippen molar-refractivity contribution in [2.45, 2.75) is 38.5 Å². The SMILES string of the molecule is N#C/C(=C\c1ccc2cc(N3CCCCC3)ccc2c1)C(=O)NCCOCCOCCO.O=Cc1ccc2cc(N3CCCCC3)ccc2c1.[C-]#[N+]CC(=O)NCCOCCOCCO. The molecule has 2 aliphatic rings. The Morgan fingerprint density at radius 2 is 1.08 bits per heavy atom. The molecule has 0 spiro atoms. The third-order valence-electron chi connectivity index (χ3n) is 10.5. The molecule has 4 aromatic rings. The van der Waals surface area contributed by atoms with Crippen molar-refractivity contribution in [3.05, 3.63) is 101 Å². The van der Waals surface area contributed by atoms with Crippen LogP contribution in [0.3, 0.4) is 0 Å². The number of carbonyl (C=O) groups excluding carboxylic acids is 3. The van der Waals surface area contributed by atoms with Crippen molar-refractivity contribution >= 4 is 57.1 Å². The normalized spacial score (nSPS) is 13.7. The molecule has 0 radical (unpaired) electrons. The molecule has 0 saturated carbocycles. The van der Waals surface area contributed by atoms with Crippen LogP contribution in [0.15, 0.2) is 78.4 Å². The highest BCUT2D eigenvalue weighted by Crippen LogP contribution is 2.27. The molecule has 0 aliphatic carbocycles. The number of aliphatic hydroxyl groups is 2. The van der Waals surface area contributed by atoms with Crippen molar-refractivity contribution in [2.24, 2.45) is 0 Å². The molecule has 4 aromatic carbocycles. The minimum Gasteiger partial charge on any atom is -0.394 e. The number of amides is 2. The quantitative estimate of drug-likeness (QED) is 0.0253. The Kier molecular flexibility index (Phi) is 24.7. The monoisotopic (exact) mass is 892 g/mol. The van der Waals surface area contributed by atoms with Gasteiger partial charge in [-0.1, -0.05) is 36.4 Å². The molecule has 4 N–H and O–H groups in total. The van der Waals surface area contributed by atoms with Crippen LogP contribution in [0.2, 0.25) is 0 Å². The number of aliphatic hydroxyl groups excluding tert-OH is 2. The average molecular weight is 893 g/mol. The van der Waals surface area contributed by atoms with E-state index in [9.17, 15) is 19.6 Å². The van der Waals surface area contributed by atoms with Gasteiger partial charge in [-0.25, -0.2) is 6.57 Å². The zero-order valence-electron chi connectivity index (χ0n) is 37.4. The van der Waals surface area contributed by atoms with E-state index in [-0.39, 0.29) is 37.8 Å². The maximum absolute atomic E-state index is 12.3. The lowest BCUT2D eigenvalue weighted by Gasteiger charge is -2.29. The van der Waals surface area contributed by atoms with Gasteiger partial charge < -0.3 is 54.4 Å². The number of hydrogen-bond donors (Lipinski definition) is 4. The number of benzene rings is 4. The van der Waals surface area contributed by atoms with E-state index >= 15 is 0 Å². The number of aldehydes is 1. The fourth-order valence-electron chi connectivity index (χ4n) is 7.17. The topological polar surface area (TPSA) is 187 Å². The van der Waals surface area contributed by atoms with Gasteiger partial charge in [0.05, 0.1) is 66.1 Å². The lowest BCUT2D eigenvalue weighted by Crippen LogP contribution is -2.29. The van der Waals surface area contributed by atoms with Gasteiger partial charge in [-0.15, -0.1) is 0 Å². The molecule has 0 aromatic heterocycles. The zero-order valence-corrected chi connectivity index (χ0v) is 37.4. The molecular weight excluding hydrogens is 829 g/mol. The number of fused-ring (bicyclic) bond motifs is 2. The van der Waals surface area contributed by atoms with Crippen molar-refractivity contribution in [3.63, 3.8) is 0 Å². The van der Waals surface area contributed by atoms with Crippen molar-refractivity contribution in [3.8, 4) is 6.07 Å². The van der Waals surface area contributed by atoms with E-state index in [1.54, 1.807) is 6.08 Å². The zero-order chi connectivity index (χ0) is 46.3. The summed E-state index contributed by atoms with van der Waals surface area (Å²) in [6.45, 7) is 14.5. The summed E-state index contributed by atoms with van der Waals surface area (Å²) in [6, 6.07) is 26.8. The third-order valence-corrected chi connectivity index (χ3v) is 10.5. The second kappa shape index (κ2) is 31.0. The van der Waals surface area contributed by atoms with Gasteiger partial charge in [0.1, 0.15) is 17.9 Å². The van der Waals surface area contributed by atoms with Crippen LogP contribution in [0.5, 0.6) is 0 Å². The predicted octanol–water partition coefficient (Wildman–Crippen LogP) is 5.57. The first-order valence-electron chi connectivity index (χ1n) is 22.4. The van der Waals surface area contributed by atoms with Crippen LogP contribution in [0, 0.1) is 17.9 Å². The fourth-order valence-corrected chi connectivity index (χ4v) is 7.17. The minimum absolute atomic E-state index is 0.00663. The second-order valence-electron chi connectivity index (χ2n) is 15.3. The van der Waals surface area contributed by atoms with E-state index in [0.717, 1.165) is 59.8 Å². The maximum atomic E-state index is 12.3. The molecular formula is C50H64N6O9. The summed E-state index contributed by atoms with van der Waals surface area (Å²) in [6.07, 6.45) is 10.2. The Balaban J connectivity index is 0.000000236.